The van der Waals surface area contributed by atoms with Gasteiger partial charge in [0.2, 0.25) is 11.5 Å². The lowest BCUT2D eigenvalue weighted by molar-refractivity contribution is 0.0944. The topological polar surface area (TPSA) is 115 Å². The molecule has 0 saturated heterocycles. The summed E-state index contributed by atoms with van der Waals surface area (Å²) in [6, 6.07) is 15.4. The lowest BCUT2D eigenvalue weighted by atomic mass is 10.2. The molecule has 146 valence electrons. The molecule has 0 aliphatic heterocycles. The average molecular weight is 402 g/mol. The Hall–Kier alpha value is -3.10. The first kappa shape index (κ1) is 19.7. The van der Waals surface area contributed by atoms with E-state index in [2.05, 4.69) is 25.6 Å². The first-order valence-corrected chi connectivity index (χ1v) is 9.03. The van der Waals surface area contributed by atoms with Crippen LogP contribution >= 0.6 is 11.6 Å². The highest BCUT2D eigenvalue weighted by Gasteiger charge is 2.14. The fraction of sp³-hybridized carbons (Fsp3) is 0.211. The van der Waals surface area contributed by atoms with E-state index in [1.54, 1.807) is 0 Å². The van der Waals surface area contributed by atoms with Crippen LogP contribution in [0.3, 0.4) is 0 Å². The lowest BCUT2D eigenvalue weighted by Gasteiger charge is -2.09. The summed E-state index contributed by atoms with van der Waals surface area (Å²) >= 11 is 5.87. The highest BCUT2D eigenvalue weighted by molar-refractivity contribution is 6.30. The second kappa shape index (κ2) is 9.72. The van der Waals surface area contributed by atoms with E-state index in [1.807, 2.05) is 48.5 Å². The molecule has 0 radical (unpaired) electrons. The van der Waals surface area contributed by atoms with Crippen molar-refractivity contribution < 1.29 is 14.2 Å². The van der Waals surface area contributed by atoms with Gasteiger partial charge in [0.05, 0.1) is 0 Å². The molecular formula is C19H20ClN5O3. The van der Waals surface area contributed by atoms with E-state index in [9.17, 15) is 4.79 Å². The Kier molecular flexibility index (Phi) is 6.83. The van der Waals surface area contributed by atoms with Gasteiger partial charge in [-0.3, -0.25) is 4.79 Å². The van der Waals surface area contributed by atoms with Gasteiger partial charge in [0.25, 0.3) is 5.91 Å². The van der Waals surface area contributed by atoms with Crippen molar-refractivity contribution in [2.75, 3.05) is 18.8 Å². The molecule has 1 heterocycles. The summed E-state index contributed by atoms with van der Waals surface area (Å²) in [5.74, 6) is 0.358. The molecule has 3 aromatic rings. The van der Waals surface area contributed by atoms with Gasteiger partial charge in [-0.15, -0.1) is 0 Å². The van der Waals surface area contributed by atoms with Crippen LogP contribution in [0.15, 0.2) is 53.2 Å². The van der Waals surface area contributed by atoms with Crippen LogP contribution in [0.2, 0.25) is 5.02 Å². The van der Waals surface area contributed by atoms with E-state index in [0.29, 0.717) is 31.3 Å². The van der Waals surface area contributed by atoms with E-state index in [-0.39, 0.29) is 11.5 Å². The lowest BCUT2D eigenvalue weighted by Crippen LogP contribution is -2.32. The average Bonchev–Trinajstić information content (AvgIpc) is 3.14. The molecule has 4 N–H and O–H groups in total. The van der Waals surface area contributed by atoms with E-state index in [4.69, 9.17) is 22.1 Å². The summed E-state index contributed by atoms with van der Waals surface area (Å²) in [5.41, 5.74) is 7.62. The molecule has 0 atom stereocenters. The normalized spacial score (nSPS) is 10.6. The Balaban J connectivity index is 1.34. The standard InChI is InChI=1S/C19H20ClN5O3/c20-15-5-1-14(2-6-15)12-27-16-7-3-13(4-8-16)11-22-9-10-23-19(26)17-18(21)25-28-24-17/h1-8,22H,9-12H2,(H2,21,25)(H,23,26). The van der Waals surface area contributed by atoms with Crippen molar-refractivity contribution in [3.8, 4) is 5.75 Å². The van der Waals surface area contributed by atoms with E-state index < -0.39 is 5.91 Å². The van der Waals surface area contributed by atoms with Crippen LogP contribution in [0.25, 0.3) is 0 Å². The summed E-state index contributed by atoms with van der Waals surface area (Å²) in [6.45, 7) is 2.17. The van der Waals surface area contributed by atoms with Crippen LogP contribution in [-0.4, -0.2) is 29.3 Å². The molecule has 8 nitrogen and oxygen atoms in total. The minimum atomic E-state index is -0.414. The maximum Gasteiger partial charge on any atom is 0.277 e. The van der Waals surface area contributed by atoms with Gasteiger partial charge >= 0.3 is 0 Å². The summed E-state index contributed by atoms with van der Waals surface area (Å²) in [6.07, 6.45) is 0. The Morgan fingerprint density at radius 2 is 1.75 bits per heavy atom. The number of carbonyl (C=O) groups excluding carboxylic acids is 1. The number of carbonyl (C=O) groups is 1. The first-order valence-electron chi connectivity index (χ1n) is 8.65. The zero-order valence-corrected chi connectivity index (χ0v) is 15.8. The van der Waals surface area contributed by atoms with Gasteiger partial charge in [0.15, 0.2) is 0 Å². The Bertz CT molecular complexity index is 897. The number of nitrogens with one attached hydrogen (secondary N) is 2. The van der Waals surface area contributed by atoms with E-state index in [1.165, 1.54) is 0 Å². The maximum absolute atomic E-state index is 11.8. The van der Waals surface area contributed by atoms with Gasteiger partial charge in [0.1, 0.15) is 12.4 Å². The zero-order valence-electron chi connectivity index (χ0n) is 15.0. The van der Waals surface area contributed by atoms with Crippen molar-refractivity contribution in [3.63, 3.8) is 0 Å². The number of aromatic nitrogens is 2. The summed E-state index contributed by atoms with van der Waals surface area (Å²) in [4.78, 5) is 11.8. The van der Waals surface area contributed by atoms with Crippen molar-refractivity contribution in [1.29, 1.82) is 0 Å². The molecular weight excluding hydrogens is 382 g/mol. The van der Waals surface area contributed by atoms with Crippen LogP contribution in [0.4, 0.5) is 5.82 Å². The summed E-state index contributed by atoms with van der Waals surface area (Å²) in [7, 11) is 0. The third-order valence-corrected chi connectivity index (χ3v) is 4.14. The van der Waals surface area contributed by atoms with Crippen molar-refractivity contribution in [2.45, 2.75) is 13.2 Å². The molecule has 0 saturated carbocycles. The predicted molar refractivity (Wildman–Crippen MR) is 105 cm³/mol. The van der Waals surface area contributed by atoms with E-state index >= 15 is 0 Å². The Morgan fingerprint density at radius 3 is 2.43 bits per heavy atom. The molecule has 2 aromatic carbocycles. The van der Waals surface area contributed by atoms with Gasteiger partial charge in [-0.05, 0) is 45.7 Å². The van der Waals surface area contributed by atoms with Crippen LogP contribution in [0.1, 0.15) is 21.6 Å². The molecule has 3 rings (SSSR count). The Labute approximate surface area is 167 Å². The SMILES string of the molecule is Nc1nonc1C(=O)NCCNCc1ccc(OCc2ccc(Cl)cc2)cc1. The van der Waals surface area contributed by atoms with Gasteiger partial charge in [0, 0.05) is 24.7 Å². The number of anilines is 1. The number of halogens is 1. The smallest absolute Gasteiger partial charge is 0.277 e. The molecule has 9 heteroatoms. The number of amides is 1. The zero-order chi connectivity index (χ0) is 19.8. The van der Waals surface area contributed by atoms with Crippen LogP contribution < -0.4 is 21.1 Å². The molecule has 0 fully saturated rings. The monoisotopic (exact) mass is 401 g/mol. The summed E-state index contributed by atoms with van der Waals surface area (Å²) in [5, 5.41) is 13.4. The van der Waals surface area contributed by atoms with Crippen molar-refractivity contribution in [3.05, 3.63) is 70.4 Å². The van der Waals surface area contributed by atoms with Crippen LogP contribution in [-0.2, 0) is 13.2 Å². The molecule has 0 spiro atoms. The number of nitrogens with zero attached hydrogens (tertiary/aromatic N) is 2. The number of ether oxygens (including phenoxy) is 1. The number of hydrogen-bond acceptors (Lipinski definition) is 7. The highest BCUT2D eigenvalue weighted by Crippen LogP contribution is 2.15. The molecule has 1 amide bonds. The number of nitrogens with two attached hydrogens (primary N) is 1. The molecule has 0 aliphatic rings. The first-order chi connectivity index (χ1) is 13.6. The number of hydrogen-bond donors (Lipinski definition) is 3. The maximum atomic E-state index is 11.8. The molecule has 28 heavy (non-hydrogen) atoms. The third kappa shape index (κ3) is 5.70. The minimum absolute atomic E-state index is 0.00538. The quantitative estimate of drug-likeness (QED) is 0.471. The number of rotatable bonds is 9. The number of nitrogen functional groups attached to an aromatic ring is 1. The number of benzene rings is 2. The fourth-order valence-electron chi connectivity index (χ4n) is 2.38. The minimum Gasteiger partial charge on any atom is -0.489 e. The van der Waals surface area contributed by atoms with Gasteiger partial charge in [-0.25, -0.2) is 4.63 Å². The van der Waals surface area contributed by atoms with E-state index in [0.717, 1.165) is 16.9 Å². The Morgan fingerprint density at radius 1 is 1.04 bits per heavy atom. The molecule has 0 unspecified atom stereocenters. The second-order valence-corrected chi connectivity index (χ2v) is 6.43. The van der Waals surface area contributed by atoms with Gasteiger partial charge in [-0.1, -0.05) is 35.9 Å². The highest BCUT2D eigenvalue weighted by atomic mass is 35.5. The fourth-order valence-corrected chi connectivity index (χ4v) is 2.51. The predicted octanol–water partition coefficient (Wildman–Crippen LogP) is 2.40. The van der Waals surface area contributed by atoms with Crippen molar-refractivity contribution in [1.82, 2.24) is 20.9 Å². The summed E-state index contributed by atoms with van der Waals surface area (Å²) < 4.78 is 10.2. The molecule has 1 aromatic heterocycles. The van der Waals surface area contributed by atoms with Crippen molar-refractivity contribution >= 4 is 23.3 Å². The largest absolute Gasteiger partial charge is 0.489 e. The van der Waals surface area contributed by atoms with Crippen LogP contribution in [0.5, 0.6) is 5.75 Å². The van der Waals surface area contributed by atoms with Gasteiger partial charge in [-0.2, -0.15) is 0 Å². The second-order valence-electron chi connectivity index (χ2n) is 5.99. The third-order valence-electron chi connectivity index (χ3n) is 3.89. The van der Waals surface area contributed by atoms with Gasteiger partial charge < -0.3 is 21.1 Å². The molecule has 0 bridgehead atoms. The van der Waals surface area contributed by atoms with Crippen LogP contribution in [0, 0.1) is 0 Å². The molecule has 0 aliphatic carbocycles. The van der Waals surface area contributed by atoms with Crippen molar-refractivity contribution in [2.24, 2.45) is 0 Å².